The lowest BCUT2D eigenvalue weighted by atomic mass is 10.0. The zero-order chi connectivity index (χ0) is 23.6. The number of nitrogens with zero attached hydrogens (tertiary/aromatic N) is 1. The van der Waals surface area contributed by atoms with Crippen molar-refractivity contribution in [2.24, 2.45) is 5.92 Å². The summed E-state index contributed by atoms with van der Waals surface area (Å²) in [6.07, 6.45) is 0.640. The van der Waals surface area contributed by atoms with Crippen LogP contribution in [0.25, 0.3) is 0 Å². The fourth-order valence-corrected chi connectivity index (χ4v) is 6.31. The second-order valence-electron chi connectivity index (χ2n) is 8.15. The molecule has 172 valence electrons. The summed E-state index contributed by atoms with van der Waals surface area (Å²) in [6.45, 7) is 4.28. The standard InChI is InChI=1S/C24H25N3O4S2/c1-16(2)23(28)25-19-7-9-20(10-8-19)26-24(29)22-21(12-14-32-22)33(30,31)27-13-11-17-5-3-4-6-18(17)15-27/h3-10,12,14,16H,11,13,15H2,1-2H3,(H,25,28)(H,26,29). The Morgan fingerprint density at radius 3 is 2.24 bits per heavy atom. The Morgan fingerprint density at radius 1 is 0.939 bits per heavy atom. The van der Waals surface area contributed by atoms with Gasteiger partial charge < -0.3 is 10.6 Å². The quantitative estimate of drug-likeness (QED) is 0.545. The molecule has 0 saturated carbocycles. The number of hydrogen-bond acceptors (Lipinski definition) is 5. The van der Waals surface area contributed by atoms with Crippen LogP contribution in [0.15, 0.2) is 64.9 Å². The van der Waals surface area contributed by atoms with Crippen LogP contribution < -0.4 is 10.6 Å². The van der Waals surface area contributed by atoms with Gasteiger partial charge in [0.05, 0.1) is 0 Å². The second-order valence-corrected chi connectivity index (χ2v) is 11.0. The van der Waals surface area contributed by atoms with Crippen LogP contribution in [-0.4, -0.2) is 31.1 Å². The van der Waals surface area contributed by atoms with Crippen molar-refractivity contribution in [3.05, 3.63) is 76.0 Å². The predicted molar refractivity (Wildman–Crippen MR) is 130 cm³/mol. The summed E-state index contributed by atoms with van der Waals surface area (Å²) in [5.74, 6) is -0.725. The van der Waals surface area contributed by atoms with Crippen molar-refractivity contribution >= 4 is 44.5 Å². The number of fused-ring (bicyclic) bond motifs is 1. The molecule has 0 radical (unpaired) electrons. The highest BCUT2D eigenvalue weighted by molar-refractivity contribution is 7.89. The number of hydrogen-bond donors (Lipinski definition) is 2. The third-order valence-corrected chi connectivity index (χ3v) is 8.41. The number of sulfonamides is 1. The highest BCUT2D eigenvalue weighted by Gasteiger charge is 2.32. The van der Waals surface area contributed by atoms with Crippen molar-refractivity contribution in [3.63, 3.8) is 0 Å². The first-order chi connectivity index (χ1) is 15.8. The van der Waals surface area contributed by atoms with Gasteiger partial charge in [-0.3, -0.25) is 9.59 Å². The number of carbonyl (C=O) groups is 2. The zero-order valence-electron chi connectivity index (χ0n) is 18.4. The van der Waals surface area contributed by atoms with E-state index in [0.29, 0.717) is 30.9 Å². The Balaban J connectivity index is 1.49. The first-order valence-electron chi connectivity index (χ1n) is 10.6. The van der Waals surface area contributed by atoms with Gasteiger partial charge in [-0.05, 0) is 53.3 Å². The molecule has 1 aliphatic heterocycles. The van der Waals surface area contributed by atoms with Crippen molar-refractivity contribution < 1.29 is 18.0 Å². The minimum atomic E-state index is -3.82. The molecule has 1 aliphatic rings. The van der Waals surface area contributed by atoms with Crippen LogP contribution >= 0.6 is 11.3 Å². The number of anilines is 2. The van der Waals surface area contributed by atoms with Crippen LogP contribution in [0, 0.1) is 5.92 Å². The third kappa shape index (κ3) is 5.00. The molecule has 3 aromatic rings. The highest BCUT2D eigenvalue weighted by atomic mass is 32.2. The van der Waals surface area contributed by atoms with Crippen molar-refractivity contribution in [2.45, 2.75) is 31.7 Å². The van der Waals surface area contributed by atoms with E-state index in [1.54, 1.807) is 43.5 Å². The molecule has 0 spiro atoms. The van der Waals surface area contributed by atoms with E-state index >= 15 is 0 Å². The third-order valence-electron chi connectivity index (χ3n) is 5.48. The van der Waals surface area contributed by atoms with E-state index < -0.39 is 15.9 Å². The monoisotopic (exact) mass is 483 g/mol. The maximum absolute atomic E-state index is 13.4. The lowest BCUT2D eigenvalue weighted by Gasteiger charge is -2.28. The minimum absolute atomic E-state index is 0.0187. The van der Waals surface area contributed by atoms with Gasteiger partial charge in [-0.2, -0.15) is 4.31 Å². The molecule has 0 unspecified atom stereocenters. The van der Waals surface area contributed by atoms with Gasteiger partial charge in [0.25, 0.3) is 5.91 Å². The normalized spacial score (nSPS) is 14.0. The average Bonchev–Trinajstić information content (AvgIpc) is 3.31. The average molecular weight is 484 g/mol. The molecule has 0 saturated heterocycles. The Hall–Kier alpha value is -3.01. The summed E-state index contributed by atoms with van der Waals surface area (Å²) in [6, 6.07) is 16.0. The van der Waals surface area contributed by atoms with Gasteiger partial charge in [0.1, 0.15) is 9.77 Å². The summed E-state index contributed by atoms with van der Waals surface area (Å²) in [4.78, 5) is 24.9. The van der Waals surface area contributed by atoms with Gasteiger partial charge in [-0.15, -0.1) is 11.3 Å². The Kier molecular flexibility index (Phi) is 6.64. The molecular formula is C24H25N3O4S2. The molecule has 1 aromatic heterocycles. The van der Waals surface area contributed by atoms with E-state index in [1.807, 2.05) is 24.3 Å². The van der Waals surface area contributed by atoms with E-state index in [0.717, 1.165) is 22.5 Å². The van der Waals surface area contributed by atoms with Gasteiger partial charge in [0.15, 0.2) is 0 Å². The lowest BCUT2D eigenvalue weighted by Crippen LogP contribution is -2.36. The van der Waals surface area contributed by atoms with Crippen LogP contribution in [0.2, 0.25) is 0 Å². The smallest absolute Gasteiger partial charge is 0.267 e. The molecule has 2 amide bonds. The second kappa shape index (κ2) is 9.46. The Labute approximate surface area is 197 Å². The molecule has 7 nitrogen and oxygen atoms in total. The van der Waals surface area contributed by atoms with Gasteiger partial charge in [-0.1, -0.05) is 38.1 Å². The fraction of sp³-hybridized carbons (Fsp3) is 0.250. The molecule has 0 fully saturated rings. The number of nitrogens with one attached hydrogen (secondary N) is 2. The van der Waals surface area contributed by atoms with Gasteiger partial charge in [0, 0.05) is 30.4 Å². The van der Waals surface area contributed by atoms with Crippen molar-refractivity contribution in [1.82, 2.24) is 4.31 Å². The van der Waals surface area contributed by atoms with Gasteiger partial charge in [-0.25, -0.2) is 8.42 Å². The summed E-state index contributed by atoms with van der Waals surface area (Å²) in [5.41, 5.74) is 3.26. The molecule has 9 heteroatoms. The van der Waals surface area contributed by atoms with E-state index in [-0.39, 0.29) is 21.6 Å². The molecule has 0 atom stereocenters. The topological polar surface area (TPSA) is 95.6 Å². The fourth-order valence-electron chi connectivity index (χ4n) is 3.59. The number of benzene rings is 2. The van der Waals surface area contributed by atoms with Gasteiger partial charge in [0.2, 0.25) is 15.9 Å². The molecule has 33 heavy (non-hydrogen) atoms. The van der Waals surface area contributed by atoms with E-state index in [2.05, 4.69) is 10.6 Å². The summed E-state index contributed by atoms with van der Waals surface area (Å²) in [5, 5.41) is 7.16. The number of amides is 2. The molecule has 0 bridgehead atoms. The molecule has 4 rings (SSSR count). The van der Waals surface area contributed by atoms with Crippen LogP contribution in [0.1, 0.15) is 34.6 Å². The Morgan fingerprint density at radius 2 is 1.58 bits per heavy atom. The van der Waals surface area contributed by atoms with Crippen LogP contribution in [-0.2, 0) is 27.8 Å². The largest absolute Gasteiger partial charge is 0.326 e. The van der Waals surface area contributed by atoms with Crippen molar-refractivity contribution in [1.29, 1.82) is 0 Å². The van der Waals surface area contributed by atoms with Crippen molar-refractivity contribution in [2.75, 3.05) is 17.2 Å². The van der Waals surface area contributed by atoms with Crippen LogP contribution in [0.4, 0.5) is 11.4 Å². The highest BCUT2D eigenvalue weighted by Crippen LogP contribution is 2.30. The maximum Gasteiger partial charge on any atom is 0.267 e. The maximum atomic E-state index is 13.4. The zero-order valence-corrected chi connectivity index (χ0v) is 20.0. The summed E-state index contributed by atoms with van der Waals surface area (Å²) < 4.78 is 28.1. The lowest BCUT2D eigenvalue weighted by molar-refractivity contribution is -0.118. The number of carbonyl (C=O) groups excluding carboxylic acids is 2. The SMILES string of the molecule is CC(C)C(=O)Nc1ccc(NC(=O)c2sccc2S(=O)(=O)N2CCc3ccccc3C2)cc1. The molecule has 2 heterocycles. The molecule has 2 N–H and O–H groups in total. The first-order valence-corrected chi connectivity index (χ1v) is 12.9. The predicted octanol–water partition coefficient (Wildman–Crippen LogP) is 4.34. The molecular weight excluding hydrogens is 458 g/mol. The van der Waals surface area contributed by atoms with Crippen LogP contribution in [0.5, 0.6) is 0 Å². The molecule has 0 aliphatic carbocycles. The summed E-state index contributed by atoms with van der Waals surface area (Å²) >= 11 is 1.09. The van der Waals surface area contributed by atoms with Crippen LogP contribution in [0.3, 0.4) is 0 Å². The minimum Gasteiger partial charge on any atom is -0.326 e. The number of rotatable bonds is 6. The Bertz CT molecular complexity index is 1280. The molecule has 2 aromatic carbocycles. The van der Waals surface area contributed by atoms with E-state index in [4.69, 9.17) is 0 Å². The number of thiophene rings is 1. The van der Waals surface area contributed by atoms with E-state index in [9.17, 15) is 18.0 Å². The van der Waals surface area contributed by atoms with E-state index in [1.165, 1.54) is 10.4 Å². The first kappa shape index (κ1) is 23.2. The van der Waals surface area contributed by atoms with Gasteiger partial charge >= 0.3 is 0 Å². The van der Waals surface area contributed by atoms with Crippen molar-refractivity contribution in [3.8, 4) is 0 Å². The summed E-state index contributed by atoms with van der Waals surface area (Å²) in [7, 11) is -3.82.